The fourth-order valence-electron chi connectivity index (χ4n) is 6.24. The van der Waals surface area contributed by atoms with E-state index in [9.17, 15) is 14.4 Å². The predicted octanol–water partition coefficient (Wildman–Crippen LogP) is 8.15. The monoisotopic (exact) mass is 721 g/mol. The molecule has 3 aromatic heterocycles. The van der Waals surface area contributed by atoms with Crippen molar-refractivity contribution in [3.8, 4) is 11.3 Å². The lowest BCUT2D eigenvalue weighted by Crippen LogP contribution is -2.35. The number of rotatable bonds is 5. The molecule has 1 aliphatic heterocycles. The average Bonchev–Trinajstić information content (AvgIpc) is 3.80. The molecule has 0 fully saturated rings. The molecule has 5 aromatic rings. The number of carbonyl (C=O) groups is 3. The van der Waals surface area contributed by atoms with Crippen molar-refractivity contribution in [2.24, 2.45) is 0 Å². The summed E-state index contributed by atoms with van der Waals surface area (Å²) in [7, 11) is 0. The number of benzene rings is 2. The molecule has 13 nitrogen and oxygen atoms in total. The summed E-state index contributed by atoms with van der Waals surface area (Å²) >= 11 is 0. The maximum atomic E-state index is 13.9. The first-order valence-electron chi connectivity index (χ1n) is 17.7. The van der Waals surface area contributed by atoms with Gasteiger partial charge in [-0.2, -0.15) is 4.98 Å². The number of carbonyl (C=O) groups excluding carboxylic acids is 3. The number of hydrogen-bond donors (Lipinski definition) is 1. The van der Waals surface area contributed by atoms with E-state index >= 15 is 0 Å². The van der Waals surface area contributed by atoms with E-state index in [2.05, 4.69) is 20.4 Å². The molecule has 53 heavy (non-hydrogen) atoms. The van der Waals surface area contributed by atoms with Gasteiger partial charge < -0.3 is 24.2 Å². The molecule has 0 saturated carbocycles. The Hall–Kier alpha value is -5.59. The number of nitrogens with zero attached hydrogens (tertiary/aromatic N) is 6. The van der Waals surface area contributed by atoms with Crippen molar-refractivity contribution < 1.29 is 28.4 Å². The van der Waals surface area contributed by atoms with Crippen molar-refractivity contribution in [2.45, 2.75) is 98.8 Å². The van der Waals surface area contributed by atoms with Crippen LogP contribution in [0.25, 0.3) is 38.8 Å². The molecule has 0 spiro atoms. The fourth-order valence-corrected chi connectivity index (χ4v) is 6.24. The van der Waals surface area contributed by atoms with E-state index < -0.39 is 23.2 Å². The molecule has 13 heteroatoms. The molecule has 4 heterocycles. The largest absolute Gasteiger partial charge is 0.444 e. The number of aryl methyl sites for hydroxylation is 1. The normalized spacial score (nSPS) is 14.4. The van der Waals surface area contributed by atoms with Crippen LogP contribution < -0.4 is 5.32 Å². The highest BCUT2D eigenvalue weighted by molar-refractivity contribution is 6.16. The molecule has 0 aliphatic carbocycles. The van der Waals surface area contributed by atoms with Crippen LogP contribution in [0.5, 0.6) is 0 Å². The molecule has 0 saturated heterocycles. The van der Waals surface area contributed by atoms with Gasteiger partial charge in [0, 0.05) is 29.5 Å². The number of amides is 2. The molecule has 0 bridgehead atoms. The van der Waals surface area contributed by atoms with Crippen LogP contribution in [0.3, 0.4) is 0 Å². The molecular weight excluding hydrogens is 674 g/mol. The summed E-state index contributed by atoms with van der Waals surface area (Å²) < 4.78 is 18.2. The number of fused-ring (bicyclic) bond motifs is 3. The Morgan fingerprint density at radius 3 is 2.21 bits per heavy atom. The predicted molar refractivity (Wildman–Crippen MR) is 202 cm³/mol. The minimum Gasteiger partial charge on any atom is -0.444 e. The molecule has 6 rings (SSSR count). The van der Waals surface area contributed by atoms with Crippen LogP contribution in [0.4, 0.5) is 9.59 Å². The van der Waals surface area contributed by atoms with Crippen LogP contribution in [0.15, 0.2) is 53.3 Å². The Labute approximate surface area is 308 Å². The van der Waals surface area contributed by atoms with Gasteiger partial charge in [-0.1, -0.05) is 56.3 Å². The second kappa shape index (κ2) is 13.4. The van der Waals surface area contributed by atoms with Crippen molar-refractivity contribution in [3.63, 3.8) is 0 Å². The fraction of sp³-hybridized carbons (Fsp3) is 0.425. The van der Waals surface area contributed by atoms with Crippen LogP contribution >= 0.6 is 0 Å². The zero-order valence-electron chi connectivity index (χ0n) is 32.2. The van der Waals surface area contributed by atoms with Gasteiger partial charge >= 0.3 is 24.0 Å². The summed E-state index contributed by atoms with van der Waals surface area (Å²) in [6.45, 7) is 21.5. The lowest BCUT2D eigenvalue weighted by molar-refractivity contribution is 0.0305. The topological polar surface area (TPSA) is 155 Å². The maximum absolute atomic E-state index is 13.9. The van der Waals surface area contributed by atoms with Gasteiger partial charge in [-0.15, -0.1) is 0 Å². The second-order valence-electron chi connectivity index (χ2n) is 16.5. The number of aromatic nitrogens is 5. The van der Waals surface area contributed by atoms with Crippen LogP contribution in [0.2, 0.25) is 0 Å². The molecule has 1 N–H and O–H groups in total. The molecular formula is C40H47N7O6. The van der Waals surface area contributed by atoms with Gasteiger partial charge in [-0.25, -0.2) is 24.1 Å². The first kappa shape index (κ1) is 37.2. The van der Waals surface area contributed by atoms with Gasteiger partial charge in [0.25, 0.3) is 0 Å². The molecule has 1 aliphatic rings. The molecule has 1 atom stereocenters. The van der Waals surface area contributed by atoms with Gasteiger partial charge in [0.15, 0.2) is 11.5 Å². The van der Waals surface area contributed by atoms with Gasteiger partial charge in [-0.3, -0.25) is 4.79 Å². The molecule has 0 radical (unpaired) electrons. The van der Waals surface area contributed by atoms with E-state index in [0.29, 0.717) is 41.2 Å². The van der Waals surface area contributed by atoms with Crippen LogP contribution in [-0.2, 0) is 14.9 Å². The Balaban J connectivity index is 1.36. The Bertz CT molecular complexity index is 2280. The van der Waals surface area contributed by atoms with E-state index in [0.717, 1.165) is 33.2 Å². The second-order valence-corrected chi connectivity index (χ2v) is 16.5. The Kier molecular flexibility index (Phi) is 9.42. The van der Waals surface area contributed by atoms with E-state index in [4.69, 9.17) is 19.0 Å². The highest BCUT2D eigenvalue weighted by atomic mass is 16.6. The van der Waals surface area contributed by atoms with Crippen molar-refractivity contribution in [1.29, 1.82) is 0 Å². The average molecular weight is 722 g/mol. The smallest absolute Gasteiger partial charge is 0.420 e. The maximum Gasteiger partial charge on any atom is 0.420 e. The summed E-state index contributed by atoms with van der Waals surface area (Å²) in [5.74, 6) is -0.0908. The Morgan fingerprint density at radius 1 is 0.887 bits per heavy atom. The van der Waals surface area contributed by atoms with Crippen LogP contribution in [0, 0.1) is 6.92 Å². The van der Waals surface area contributed by atoms with E-state index in [1.54, 1.807) is 4.90 Å². The third-order valence-corrected chi connectivity index (χ3v) is 8.71. The minimum absolute atomic E-state index is 0.0893. The standard InChI is InChI=1S/C40H47N7O6/c1-22-18-25(13-14-27(22)23(2)43-33(48)34-44-35(45-53-34)38(3,4)5)31-30-28-15-12-24(26-16-17-46(20-26)36(49)51-39(6,7)8)19-29(28)47(32(30)42-21-41-31)37(50)52-40(9,10)11/h12-16,18-19,21,23H,17,20H2,1-11H3,(H,43,48)/t23-/m1/s1. The number of ether oxygens (including phenoxy) is 2. The van der Waals surface area contributed by atoms with E-state index in [1.807, 2.05) is 119 Å². The van der Waals surface area contributed by atoms with Crippen LogP contribution in [-0.4, -0.2) is 72.0 Å². The first-order chi connectivity index (χ1) is 24.7. The summed E-state index contributed by atoms with van der Waals surface area (Å²) in [6.07, 6.45) is 2.49. The van der Waals surface area contributed by atoms with Crippen molar-refractivity contribution in [3.05, 3.63) is 77.2 Å². The van der Waals surface area contributed by atoms with E-state index in [1.165, 1.54) is 10.9 Å². The minimum atomic E-state index is -0.757. The molecule has 2 amide bonds. The van der Waals surface area contributed by atoms with E-state index in [-0.39, 0.29) is 23.4 Å². The first-order valence-corrected chi connectivity index (χ1v) is 17.7. The van der Waals surface area contributed by atoms with Gasteiger partial charge in [-0.05, 0) is 89.8 Å². The summed E-state index contributed by atoms with van der Waals surface area (Å²) in [5, 5.41) is 8.38. The summed E-state index contributed by atoms with van der Waals surface area (Å²) in [4.78, 5) is 54.9. The van der Waals surface area contributed by atoms with Crippen molar-refractivity contribution in [2.75, 3.05) is 13.1 Å². The molecule has 2 aromatic carbocycles. The van der Waals surface area contributed by atoms with Crippen LogP contribution in [0.1, 0.15) is 108 Å². The van der Waals surface area contributed by atoms with Gasteiger partial charge in [0.1, 0.15) is 17.5 Å². The summed E-state index contributed by atoms with van der Waals surface area (Å²) in [5.41, 5.74) is 4.35. The van der Waals surface area contributed by atoms with Gasteiger partial charge in [0.2, 0.25) is 0 Å². The third kappa shape index (κ3) is 7.79. The Morgan fingerprint density at radius 2 is 1.57 bits per heavy atom. The zero-order chi connectivity index (χ0) is 38.6. The van der Waals surface area contributed by atoms with Crippen molar-refractivity contribution in [1.82, 2.24) is 34.9 Å². The lowest BCUT2D eigenvalue weighted by Gasteiger charge is -2.24. The van der Waals surface area contributed by atoms with Crippen molar-refractivity contribution >= 4 is 45.6 Å². The summed E-state index contributed by atoms with van der Waals surface area (Å²) in [6, 6.07) is 11.4. The number of nitrogens with one attached hydrogen (secondary N) is 1. The highest BCUT2D eigenvalue weighted by Gasteiger charge is 2.29. The third-order valence-electron chi connectivity index (χ3n) is 8.71. The zero-order valence-corrected chi connectivity index (χ0v) is 32.2. The quantitative estimate of drug-likeness (QED) is 0.188. The SMILES string of the molecule is Cc1cc(-c2ncnc3c2c2ccc(C4=CCN(C(=O)OC(C)(C)C)C4)cc2n3C(=O)OC(C)(C)C)ccc1[C@@H](C)NC(=O)c1nc(C(C)(C)C)no1. The van der Waals surface area contributed by atoms with Gasteiger partial charge in [0.05, 0.1) is 22.6 Å². The molecule has 278 valence electrons. The number of hydrogen-bond acceptors (Lipinski definition) is 10. The highest BCUT2D eigenvalue weighted by Crippen LogP contribution is 2.38. The molecule has 0 unspecified atom stereocenters. The lowest BCUT2D eigenvalue weighted by atomic mass is 9.96.